The molecule has 0 saturated carbocycles. The lowest BCUT2D eigenvalue weighted by Gasteiger charge is -2.09. The number of rotatable bonds is 3. The zero-order chi connectivity index (χ0) is 11.8. The molecule has 0 atom stereocenters. The van der Waals surface area contributed by atoms with Gasteiger partial charge in [0.15, 0.2) is 5.13 Å². The maximum absolute atomic E-state index is 13.2. The summed E-state index contributed by atoms with van der Waals surface area (Å²) in [6.45, 7) is 1.37. The van der Waals surface area contributed by atoms with Crippen molar-refractivity contribution in [1.29, 1.82) is 0 Å². The Kier molecular flexibility index (Phi) is 2.94. The first kappa shape index (κ1) is 11.8. The summed E-state index contributed by atoms with van der Waals surface area (Å²) in [4.78, 5) is 15.3. The maximum atomic E-state index is 13.2. The van der Waals surface area contributed by atoms with Crippen LogP contribution in [0.25, 0.3) is 0 Å². The van der Waals surface area contributed by atoms with Crippen LogP contribution < -0.4 is 4.90 Å². The second-order valence-corrected chi connectivity index (χ2v) is 4.16. The van der Waals surface area contributed by atoms with Crippen molar-refractivity contribution in [2.24, 2.45) is 0 Å². The molecule has 0 fully saturated rings. The van der Waals surface area contributed by atoms with Gasteiger partial charge in [0.2, 0.25) is 0 Å². The molecule has 0 radical (unpaired) electrons. The number of thiazole rings is 1. The van der Waals surface area contributed by atoms with E-state index in [0.29, 0.717) is 16.5 Å². The van der Waals surface area contributed by atoms with Crippen LogP contribution in [0.4, 0.5) is 13.9 Å². The Balaban J connectivity index is 3.21. The van der Waals surface area contributed by atoms with E-state index in [1.165, 1.54) is 6.92 Å². The Labute approximate surface area is 89.2 Å². The number of carboxylic acids is 1. The second-order valence-electron chi connectivity index (χ2n) is 3.18. The third-order valence-corrected chi connectivity index (χ3v) is 3.12. The van der Waals surface area contributed by atoms with Crippen molar-refractivity contribution in [3.63, 3.8) is 0 Å². The highest BCUT2D eigenvalue weighted by molar-refractivity contribution is 7.16. The number of nitrogens with zero attached hydrogens (tertiary/aromatic N) is 2. The standard InChI is InChI=1S/C8H10F2N2O2S/c1-4-5(8(9,10)6(13)14)15-7(11-4)12(2)3/h1-3H3,(H,13,14). The molecule has 0 aliphatic heterocycles. The van der Waals surface area contributed by atoms with E-state index in [1.807, 2.05) is 0 Å². The van der Waals surface area contributed by atoms with Gasteiger partial charge in [0.25, 0.3) is 0 Å². The van der Waals surface area contributed by atoms with Crippen LogP contribution in [-0.4, -0.2) is 30.2 Å². The van der Waals surface area contributed by atoms with Crippen LogP contribution in [0.15, 0.2) is 0 Å². The van der Waals surface area contributed by atoms with E-state index < -0.39 is 16.8 Å². The number of hydrogen-bond acceptors (Lipinski definition) is 4. The number of carboxylic acid groups (broad SMARTS) is 1. The average molecular weight is 236 g/mol. The number of aliphatic carboxylic acids is 1. The summed E-state index contributed by atoms with van der Waals surface area (Å²) in [5.74, 6) is -6.02. The third kappa shape index (κ3) is 2.06. The average Bonchev–Trinajstić information content (AvgIpc) is 2.47. The van der Waals surface area contributed by atoms with E-state index in [2.05, 4.69) is 4.98 Å². The van der Waals surface area contributed by atoms with Crippen LogP contribution in [0.1, 0.15) is 10.6 Å². The molecule has 0 unspecified atom stereocenters. The molecule has 0 aromatic carbocycles. The first-order valence-electron chi connectivity index (χ1n) is 4.03. The summed E-state index contributed by atoms with van der Waals surface area (Å²) < 4.78 is 26.3. The maximum Gasteiger partial charge on any atom is 0.380 e. The van der Waals surface area contributed by atoms with Gasteiger partial charge < -0.3 is 10.0 Å². The predicted octanol–water partition coefficient (Wildman–Crippen LogP) is 1.69. The van der Waals surface area contributed by atoms with E-state index in [4.69, 9.17) is 5.11 Å². The smallest absolute Gasteiger partial charge is 0.380 e. The number of halogens is 2. The van der Waals surface area contributed by atoms with Gasteiger partial charge in [-0.05, 0) is 6.92 Å². The van der Waals surface area contributed by atoms with Gasteiger partial charge in [-0.15, -0.1) is 0 Å². The first-order chi connectivity index (χ1) is 6.76. The van der Waals surface area contributed by atoms with E-state index in [1.54, 1.807) is 19.0 Å². The Morgan fingerprint density at radius 3 is 2.40 bits per heavy atom. The lowest BCUT2D eigenvalue weighted by atomic mass is 10.2. The molecule has 0 aliphatic rings. The number of aryl methyl sites for hydroxylation is 1. The fraction of sp³-hybridized carbons (Fsp3) is 0.500. The Hall–Kier alpha value is -1.24. The van der Waals surface area contributed by atoms with Crippen molar-refractivity contribution >= 4 is 22.4 Å². The molecule has 1 heterocycles. The highest BCUT2D eigenvalue weighted by Crippen LogP contribution is 2.37. The van der Waals surface area contributed by atoms with Crippen molar-refractivity contribution in [3.8, 4) is 0 Å². The highest BCUT2D eigenvalue weighted by atomic mass is 32.1. The van der Waals surface area contributed by atoms with Crippen molar-refractivity contribution in [2.45, 2.75) is 12.8 Å². The number of anilines is 1. The molecule has 1 rings (SSSR count). The Morgan fingerprint density at radius 2 is 2.07 bits per heavy atom. The molecule has 7 heteroatoms. The molecule has 84 valence electrons. The fourth-order valence-electron chi connectivity index (χ4n) is 0.962. The van der Waals surface area contributed by atoms with E-state index in [-0.39, 0.29) is 5.69 Å². The SMILES string of the molecule is Cc1nc(N(C)C)sc1C(F)(F)C(=O)O. The molecule has 15 heavy (non-hydrogen) atoms. The minimum absolute atomic E-state index is 0.0519. The van der Waals surface area contributed by atoms with Gasteiger partial charge in [-0.3, -0.25) is 0 Å². The van der Waals surface area contributed by atoms with Crippen LogP contribution in [0.3, 0.4) is 0 Å². The minimum atomic E-state index is -3.87. The van der Waals surface area contributed by atoms with Crippen LogP contribution in [-0.2, 0) is 10.7 Å². The van der Waals surface area contributed by atoms with Gasteiger partial charge in [0, 0.05) is 14.1 Å². The lowest BCUT2D eigenvalue weighted by molar-refractivity contribution is -0.165. The second kappa shape index (κ2) is 3.73. The topological polar surface area (TPSA) is 53.4 Å². The van der Waals surface area contributed by atoms with Crippen molar-refractivity contribution in [3.05, 3.63) is 10.6 Å². The Bertz CT molecular complexity index is 390. The summed E-state index contributed by atoms with van der Waals surface area (Å²) in [5.41, 5.74) is 0.0519. The Morgan fingerprint density at radius 1 is 1.53 bits per heavy atom. The third-order valence-electron chi connectivity index (χ3n) is 1.72. The van der Waals surface area contributed by atoms with Crippen LogP contribution in [0.2, 0.25) is 0 Å². The monoisotopic (exact) mass is 236 g/mol. The molecule has 0 bridgehead atoms. The number of alkyl halides is 2. The summed E-state index contributed by atoms with van der Waals surface area (Å²) in [5, 5.41) is 8.75. The van der Waals surface area contributed by atoms with Crippen molar-refractivity contribution in [1.82, 2.24) is 4.98 Å². The minimum Gasteiger partial charge on any atom is -0.477 e. The lowest BCUT2D eigenvalue weighted by Crippen LogP contribution is -2.24. The zero-order valence-electron chi connectivity index (χ0n) is 8.41. The van der Waals surface area contributed by atoms with E-state index in [0.717, 1.165) is 0 Å². The normalized spacial score (nSPS) is 11.5. The molecular weight excluding hydrogens is 226 g/mol. The summed E-state index contributed by atoms with van der Waals surface area (Å²) in [6.07, 6.45) is 0. The van der Waals surface area contributed by atoms with Crippen LogP contribution >= 0.6 is 11.3 Å². The molecule has 1 aromatic heterocycles. The molecule has 0 spiro atoms. The molecule has 4 nitrogen and oxygen atoms in total. The summed E-state index contributed by atoms with van der Waals surface area (Å²) >= 11 is 0.687. The summed E-state index contributed by atoms with van der Waals surface area (Å²) in [6, 6.07) is 0. The van der Waals surface area contributed by atoms with Gasteiger partial charge in [-0.25, -0.2) is 9.78 Å². The van der Waals surface area contributed by atoms with E-state index >= 15 is 0 Å². The van der Waals surface area contributed by atoms with Crippen molar-refractivity contribution < 1.29 is 18.7 Å². The van der Waals surface area contributed by atoms with Crippen molar-refractivity contribution in [2.75, 3.05) is 19.0 Å². The van der Waals surface area contributed by atoms with Crippen LogP contribution in [0, 0.1) is 6.92 Å². The number of aromatic nitrogens is 1. The van der Waals surface area contributed by atoms with Gasteiger partial charge in [-0.2, -0.15) is 8.78 Å². The molecular formula is C8H10F2N2O2S. The molecule has 0 amide bonds. The fourth-order valence-corrected chi connectivity index (χ4v) is 1.92. The predicted molar refractivity (Wildman–Crippen MR) is 52.7 cm³/mol. The first-order valence-corrected chi connectivity index (χ1v) is 4.85. The van der Waals surface area contributed by atoms with Gasteiger partial charge in [0.05, 0.1) is 5.69 Å². The number of carbonyl (C=O) groups is 1. The summed E-state index contributed by atoms with van der Waals surface area (Å²) in [7, 11) is 3.31. The quantitative estimate of drug-likeness (QED) is 0.867. The molecule has 0 saturated heterocycles. The zero-order valence-corrected chi connectivity index (χ0v) is 9.23. The van der Waals surface area contributed by atoms with Gasteiger partial charge in [-0.1, -0.05) is 11.3 Å². The highest BCUT2D eigenvalue weighted by Gasteiger charge is 2.44. The number of hydrogen-bond donors (Lipinski definition) is 1. The largest absolute Gasteiger partial charge is 0.477 e. The molecule has 1 N–H and O–H groups in total. The van der Waals surface area contributed by atoms with Gasteiger partial charge >= 0.3 is 11.9 Å². The molecule has 0 aliphatic carbocycles. The van der Waals surface area contributed by atoms with Crippen LogP contribution in [0.5, 0.6) is 0 Å². The molecule has 1 aromatic rings. The van der Waals surface area contributed by atoms with Gasteiger partial charge in [0.1, 0.15) is 4.88 Å². The van der Waals surface area contributed by atoms with E-state index in [9.17, 15) is 13.6 Å².